The average Bonchev–Trinajstić information content (AvgIpc) is 2.34. The molecule has 2 rings (SSSR count). The van der Waals surface area contributed by atoms with Crippen LogP contribution < -0.4 is 4.72 Å². The van der Waals surface area contributed by atoms with Gasteiger partial charge in [0.25, 0.3) is 10.0 Å². The molecule has 0 aromatic heterocycles. The van der Waals surface area contributed by atoms with Crippen LogP contribution in [0.2, 0.25) is 5.02 Å². The molecule has 0 unspecified atom stereocenters. The van der Waals surface area contributed by atoms with Gasteiger partial charge in [0, 0.05) is 0 Å². The van der Waals surface area contributed by atoms with Crippen LogP contribution in [0.1, 0.15) is 5.56 Å². The van der Waals surface area contributed by atoms with Crippen LogP contribution in [0.5, 0.6) is 0 Å². The van der Waals surface area contributed by atoms with Gasteiger partial charge in [-0.05, 0) is 36.8 Å². The van der Waals surface area contributed by atoms with Crippen molar-refractivity contribution in [2.45, 2.75) is 11.8 Å². The number of hydrogen-bond acceptors (Lipinski definition) is 2. The van der Waals surface area contributed by atoms with E-state index in [9.17, 15) is 12.8 Å². The predicted molar refractivity (Wildman–Crippen MR) is 73.4 cm³/mol. The Kier molecular flexibility index (Phi) is 3.78. The van der Waals surface area contributed by atoms with Crippen LogP contribution >= 0.6 is 11.6 Å². The molecule has 0 spiro atoms. The van der Waals surface area contributed by atoms with Gasteiger partial charge in [0.15, 0.2) is 0 Å². The summed E-state index contributed by atoms with van der Waals surface area (Å²) < 4.78 is 39.9. The zero-order valence-corrected chi connectivity index (χ0v) is 11.6. The molecule has 0 heterocycles. The van der Waals surface area contributed by atoms with E-state index in [1.807, 2.05) is 0 Å². The summed E-state index contributed by atoms with van der Waals surface area (Å²) >= 11 is 5.84. The zero-order chi connectivity index (χ0) is 14.0. The fourth-order valence-electron chi connectivity index (χ4n) is 1.53. The van der Waals surface area contributed by atoms with E-state index in [-0.39, 0.29) is 15.6 Å². The third-order valence-corrected chi connectivity index (χ3v) is 4.43. The van der Waals surface area contributed by atoms with Crippen molar-refractivity contribution >= 4 is 27.3 Å². The van der Waals surface area contributed by atoms with Crippen molar-refractivity contribution in [2.24, 2.45) is 0 Å². The molecule has 0 amide bonds. The molecule has 0 saturated heterocycles. The Morgan fingerprint density at radius 1 is 1.16 bits per heavy atom. The molecule has 1 N–H and O–H groups in total. The molecular formula is C13H11ClFNO2S. The van der Waals surface area contributed by atoms with Crippen molar-refractivity contribution < 1.29 is 12.8 Å². The summed E-state index contributed by atoms with van der Waals surface area (Å²) in [5, 5.41) is 0.114. The first-order chi connectivity index (χ1) is 8.90. The minimum Gasteiger partial charge on any atom is -0.279 e. The molecule has 0 fully saturated rings. The van der Waals surface area contributed by atoms with Gasteiger partial charge in [-0.15, -0.1) is 0 Å². The third kappa shape index (κ3) is 3.05. The third-order valence-electron chi connectivity index (χ3n) is 2.55. The van der Waals surface area contributed by atoms with Gasteiger partial charge in [0.2, 0.25) is 0 Å². The summed E-state index contributed by atoms with van der Waals surface area (Å²) in [5.74, 6) is -0.473. The fraction of sp³-hybridized carbons (Fsp3) is 0.0769. The zero-order valence-electron chi connectivity index (χ0n) is 10.0. The smallest absolute Gasteiger partial charge is 0.263 e. The fourth-order valence-corrected chi connectivity index (χ4v) is 3.10. The van der Waals surface area contributed by atoms with E-state index in [0.29, 0.717) is 5.56 Å². The van der Waals surface area contributed by atoms with E-state index >= 15 is 0 Å². The number of halogens is 2. The molecule has 0 aliphatic rings. The van der Waals surface area contributed by atoms with Crippen molar-refractivity contribution in [3.8, 4) is 0 Å². The van der Waals surface area contributed by atoms with Crippen LogP contribution in [-0.4, -0.2) is 8.42 Å². The molecule has 0 bridgehead atoms. The summed E-state index contributed by atoms with van der Waals surface area (Å²) in [4.78, 5) is -0.0438. The van der Waals surface area contributed by atoms with Gasteiger partial charge in [-0.2, -0.15) is 0 Å². The van der Waals surface area contributed by atoms with Gasteiger partial charge in [0.05, 0.1) is 10.7 Å². The van der Waals surface area contributed by atoms with Crippen LogP contribution in [0.15, 0.2) is 47.4 Å². The molecule has 3 nitrogen and oxygen atoms in total. The monoisotopic (exact) mass is 299 g/mol. The van der Waals surface area contributed by atoms with E-state index in [0.717, 1.165) is 6.07 Å². The average molecular weight is 300 g/mol. The molecule has 0 aliphatic heterocycles. The van der Waals surface area contributed by atoms with Crippen molar-refractivity contribution in [1.82, 2.24) is 0 Å². The minimum atomic E-state index is -3.82. The Labute approximate surface area is 116 Å². The molecule has 0 radical (unpaired) electrons. The lowest BCUT2D eigenvalue weighted by Crippen LogP contribution is -2.13. The Hall–Kier alpha value is -1.59. The Morgan fingerprint density at radius 3 is 2.47 bits per heavy atom. The molecule has 2 aromatic carbocycles. The maximum atomic E-state index is 13.4. The summed E-state index contributed by atoms with van der Waals surface area (Å²) in [6.07, 6.45) is 0. The second kappa shape index (κ2) is 5.19. The highest BCUT2D eigenvalue weighted by molar-refractivity contribution is 7.92. The number of aryl methyl sites for hydroxylation is 1. The van der Waals surface area contributed by atoms with Gasteiger partial charge in [-0.3, -0.25) is 4.72 Å². The number of benzene rings is 2. The summed E-state index contributed by atoms with van der Waals surface area (Å²) in [6.45, 7) is 1.60. The van der Waals surface area contributed by atoms with Gasteiger partial charge in [0.1, 0.15) is 10.7 Å². The normalized spacial score (nSPS) is 11.3. The van der Waals surface area contributed by atoms with Gasteiger partial charge in [-0.25, -0.2) is 12.8 Å². The number of anilines is 1. The quantitative estimate of drug-likeness (QED) is 0.941. The second-order valence-corrected chi connectivity index (χ2v) is 6.06. The standard InChI is InChI=1S/C13H11ClFNO2S/c1-9-6-7-10(8-12(9)15)16-19(17,18)13-5-3-2-4-11(13)14/h2-8,16H,1H3. The highest BCUT2D eigenvalue weighted by Crippen LogP contribution is 2.24. The van der Waals surface area contributed by atoms with Gasteiger partial charge < -0.3 is 0 Å². The molecule has 100 valence electrons. The Morgan fingerprint density at radius 2 is 1.84 bits per heavy atom. The predicted octanol–water partition coefficient (Wildman–Crippen LogP) is 3.59. The van der Waals surface area contributed by atoms with Crippen LogP contribution in [0.25, 0.3) is 0 Å². The molecular weight excluding hydrogens is 289 g/mol. The molecule has 0 aliphatic carbocycles. The van der Waals surface area contributed by atoms with E-state index in [2.05, 4.69) is 4.72 Å². The number of sulfonamides is 1. The first-order valence-corrected chi connectivity index (χ1v) is 7.30. The van der Waals surface area contributed by atoms with Crippen molar-refractivity contribution in [2.75, 3.05) is 4.72 Å². The maximum absolute atomic E-state index is 13.4. The topological polar surface area (TPSA) is 46.2 Å². The lowest BCUT2D eigenvalue weighted by molar-refractivity contribution is 0.601. The number of rotatable bonds is 3. The summed E-state index contributed by atoms with van der Waals surface area (Å²) in [6, 6.07) is 10.2. The molecule has 19 heavy (non-hydrogen) atoms. The first-order valence-electron chi connectivity index (χ1n) is 5.43. The highest BCUT2D eigenvalue weighted by atomic mass is 35.5. The lowest BCUT2D eigenvalue weighted by Gasteiger charge is -2.09. The molecule has 0 atom stereocenters. The van der Waals surface area contributed by atoms with Gasteiger partial charge in [-0.1, -0.05) is 29.8 Å². The second-order valence-electron chi connectivity index (χ2n) is 4.00. The van der Waals surface area contributed by atoms with Crippen molar-refractivity contribution in [3.05, 3.63) is 58.9 Å². The SMILES string of the molecule is Cc1ccc(NS(=O)(=O)c2ccccc2Cl)cc1F. The minimum absolute atomic E-state index is 0.0438. The lowest BCUT2D eigenvalue weighted by atomic mass is 10.2. The van der Waals surface area contributed by atoms with Crippen molar-refractivity contribution in [1.29, 1.82) is 0 Å². The Bertz CT molecular complexity index is 716. The number of nitrogens with one attached hydrogen (secondary N) is 1. The maximum Gasteiger partial charge on any atom is 0.263 e. The van der Waals surface area contributed by atoms with E-state index in [1.165, 1.54) is 24.3 Å². The summed E-state index contributed by atoms with van der Waals surface area (Å²) in [5.41, 5.74) is 0.601. The van der Waals surface area contributed by atoms with E-state index < -0.39 is 15.8 Å². The van der Waals surface area contributed by atoms with Crippen LogP contribution in [-0.2, 0) is 10.0 Å². The molecule has 0 saturated carbocycles. The first kappa shape index (κ1) is 13.8. The number of hydrogen-bond donors (Lipinski definition) is 1. The molecule has 6 heteroatoms. The van der Waals surface area contributed by atoms with E-state index in [1.54, 1.807) is 19.1 Å². The highest BCUT2D eigenvalue weighted by Gasteiger charge is 2.17. The van der Waals surface area contributed by atoms with Crippen LogP contribution in [0.4, 0.5) is 10.1 Å². The van der Waals surface area contributed by atoms with E-state index in [4.69, 9.17) is 11.6 Å². The largest absolute Gasteiger partial charge is 0.279 e. The summed E-state index contributed by atoms with van der Waals surface area (Å²) in [7, 11) is -3.82. The Balaban J connectivity index is 2.37. The van der Waals surface area contributed by atoms with Gasteiger partial charge >= 0.3 is 0 Å². The van der Waals surface area contributed by atoms with Crippen LogP contribution in [0, 0.1) is 12.7 Å². The van der Waals surface area contributed by atoms with Crippen LogP contribution in [0.3, 0.4) is 0 Å². The van der Waals surface area contributed by atoms with Crippen molar-refractivity contribution in [3.63, 3.8) is 0 Å². The molecule has 2 aromatic rings.